The molecule has 0 bridgehead atoms. The molecule has 0 saturated carbocycles. The maximum absolute atomic E-state index is 12.6. The molecule has 1 aromatic rings. The highest BCUT2D eigenvalue weighted by Crippen LogP contribution is 2.32. The number of fused-ring (bicyclic) bond motifs is 1. The predicted octanol–water partition coefficient (Wildman–Crippen LogP) is 1.84. The van der Waals surface area contributed by atoms with Gasteiger partial charge < -0.3 is 10.2 Å². The molecule has 1 aromatic heterocycles. The minimum Gasteiger partial charge on any atom is -0.354 e. The Morgan fingerprint density at radius 1 is 1.50 bits per heavy atom. The van der Waals surface area contributed by atoms with Gasteiger partial charge in [0.1, 0.15) is 0 Å². The summed E-state index contributed by atoms with van der Waals surface area (Å²) in [6.45, 7) is 3.79. The van der Waals surface area contributed by atoms with Gasteiger partial charge in [0.2, 0.25) is 5.91 Å². The van der Waals surface area contributed by atoms with Gasteiger partial charge in [0.05, 0.1) is 11.4 Å². The fourth-order valence-electron chi connectivity index (χ4n) is 2.95. The molecule has 0 radical (unpaired) electrons. The van der Waals surface area contributed by atoms with Crippen LogP contribution in [0, 0.1) is 5.92 Å². The summed E-state index contributed by atoms with van der Waals surface area (Å²) in [6, 6.07) is 2.06. The average Bonchev–Trinajstić information content (AvgIpc) is 2.71. The number of rotatable bonds is 1. The van der Waals surface area contributed by atoms with E-state index in [1.165, 1.54) is 16.9 Å². The molecule has 1 fully saturated rings. The maximum Gasteiger partial charge on any atom is 0.264 e. The van der Waals surface area contributed by atoms with Crippen molar-refractivity contribution in [2.45, 2.75) is 32.6 Å². The Morgan fingerprint density at radius 2 is 2.35 bits per heavy atom. The molecule has 0 spiro atoms. The summed E-state index contributed by atoms with van der Waals surface area (Å²) in [4.78, 5) is 28.0. The van der Waals surface area contributed by atoms with E-state index in [0.717, 1.165) is 24.1 Å². The van der Waals surface area contributed by atoms with Gasteiger partial charge in [-0.25, -0.2) is 0 Å². The second kappa shape index (κ2) is 5.56. The smallest absolute Gasteiger partial charge is 0.264 e. The summed E-state index contributed by atoms with van der Waals surface area (Å²) in [6.07, 6.45) is 4.22. The normalized spacial score (nSPS) is 22.9. The van der Waals surface area contributed by atoms with Gasteiger partial charge in [0.15, 0.2) is 0 Å². The van der Waals surface area contributed by atoms with Gasteiger partial charge in [0, 0.05) is 18.0 Å². The fraction of sp³-hybridized carbons (Fsp3) is 0.600. The van der Waals surface area contributed by atoms with Gasteiger partial charge in [-0.3, -0.25) is 9.59 Å². The topological polar surface area (TPSA) is 49.4 Å². The Hall–Kier alpha value is -1.36. The monoisotopic (exact) mass is 292 g/mol. The zero-order chi connectivity index (χ0) is 14.1. The Labute approximate surface area is 123 Å². The molecule has 20 heavy (non-hydrogen) atoms. The summed E-state index contributed by atoms with van der Waals surface area (Å²) in [7, 11) is 0. The Bertz CT molecular complexity index is 538. The Kier molecular flexibility index (Phi) is 3.78. The van der Waals surface area contributed by atoms with Crippen LogP contribution in [-0.2, 0) is 17.6 Å². The SMILES string of the molecule is CC1CCc2sc(C(=O)N3CCCNC(=O)C3)cc2C1. The van der Waals surface area contributed by atoms with Crippen LogP contribution in [0.2, 0.25) is 0 Å². The standard InChI is InChI=1S/C15H20N2O2S/c1-10-3-4-12-11(7-10)8-13(20-12)15(19)17-6-2-5-16-14(18)9-17/h8,10H,2-7,9H2,1H3,(H,16,18). The van der Waals surface area contributed by atoms with Crippen LogP contribution in [0.1, 0.15) is 39.9 Å². The zero-order valence-corrected chi connectivity index (χ0v) is 12.6. The summed E-state index contributed by atoms with van der Waals surface area (Å²) < 4.78 is 0. The Balaban J connectivity index is 1.78. The molecule has 1 aliphatic heterocycles. The minimum absolute atomic E-state index is 0.0223. The third-order valence-corrected chi connectivity index (χ3v) is 5.31. The first-order chi connectivity index (χ1) is 9.63. The van der Waals surface area contributed by atoms with Crippen LogP contribution in [0.3, 0.4) is 0 Å². The third-order valence-electron chi connectivity index (χ3n) is 4.09. The van der Waals surface area contributed by atoms with Gasteiger partial charge in [0.25, 0.3) is 5.91 Å². The van der Waals surface area contributed by atoms with Gasteiger partial charge in [-0.15, -0.1) is 11.3 Å². The molecule has 2 amide bonds. The van der Waals surface area contributed by atoms with E-state index in [1.807, 2.05) is 0 Å². The number of thiophene rings is 1. The van der Waals surface area contributed by atoms with Gasteiger partial charge >= 0.3 is 0 Å². The van der Waals surface area contributed by atoms with E-state index in [4.69, 9.17) is 0 Å². The van der Waals surface area contributed by atoms with E-state index < -0.39 is 0 Å². The molecule has 2 heterocycles. The highest BCUT2D eigenvalue weighted by atomic mass is 32.1. The summed E-state index contributed by atoms with van der Waals surface area (Å²) in [5, 5.41) is 2.81. The quantitative estimate of drug-likeness (QED) is 0.858. The number of carbonyl (C=O) groups excluding carboxylic acids is 2. The van der Waals surface area contributed by atoms with Crippen molar-refractivity contribution in [1.29, 1.82) is 0 Å². The maximum atomic E-state index is 12.6. The van der Waals surface area contributed by atoms with Crippen LogP contribution in [0.5, 0.6) is 0 Å². The van der Waals surface area contributed by atoms with Crippen LogP contribution < -0.4 is 5.32 Å². The number of carbonyl (C=O) groups is 2. The van der Waals surface area contributed by atoms with Gasteiger partial charge in [-0.05, 0) is 43.2 Å². The van der Waals surface area contributed by atoms with Crippen molar-refractivity contribution in [3.63, 3.8) is 0 Å². The van der Waals surface area contributed by atoms with Gasteiger partial charge in [-0.2, -0.15) is 0 Å². The van der Waals surface area contributed by atoms with Crippen molar-refractivity contribution in [1.82, 2.24) is 10.2 Å². The molecule has 1 aliphatic carbocycles. The highest BCUT2D eigenvalue weighted by Gasteiger charge is 2.25. The molecule has 4 nitrogen and oxygen atoms in total. The predicted molar refractivity (Wildman–Crippen MR) is 79.0 cm³/mol. The highest BCUT2D eigenvalue weighted by molar-refractivity contribution is 7.14. The molecular weight excluding hydrogens is 272 g/mol. The number of hydrogen-bond acceptors (Lipinski definition) is 3. The van der Waals surface area contributed by atoms with Crippen molar-refractivity contribution in [3.05, 3.63) is 21.4 Å². The van der Waals surface area contributed by atoms with E-state index in [2.05, 4.69) is 18.3 Å². The molecule has 1 saturated heterocycles. The van der Waals surface area contributed by atoms with Crippen LogP contribution in [0.15, 0.2) is 6.07 Å². The lowest BCUT2D eigenvalue weighted by molar-refractivity contribution is -0.121. The molecule has 1 atom stereocenters. The first kappa shape index (κ1) is 13.6. The molecule has 108 valence electrons. The lowest BCUT2D eigenvalue weighted by Gasteiger charge is -2.17. The molecule has 0 aromatic carbocycles. The van der Waals surface area contributed by atoms with Crippen molar-refractivity contribution < 1.29 is 9.59 Å². The number of amides is 2. The first-order valence-corrected chi connectivity index (χ1v) is 8.12. The first-order valence-electron chi connectivity index (χ1n) is 7.31. The fourth-order valence-corrected chi connectivity index (χ4v) is 4.12. The summed E-state index contributed by atoms with van der Waals surface area (Å²) >= 11 is 1.62. The molecule has 1 unspecified atom stereocenters. The summed E-state index contributed by atoms with van der Waals surface area (Å²) in [5.41, 5.74) is 1.34. The van der Waals surface area contributed by atoms with E-state index >= 15 is 0 Å². The van der Waals surface area contributed by atoms with Crippen LogP contribution in [-0.4, -0.2) is 36.3 Å². The lowest BCUT2D eigenvalue weighted by Crippen LogP contribution is -2.37. The number of aryl methyl sites for hydroxylation is 1. The van der Waals surface area contributed by atoms with Gasteiger partial charge in [-0.1, -0.05) is 6.92 Å². The van der Waals surface area contributed by atoms with E-state index in [-0.39, 0.29) is 18.4 Å². The van der Waals surface area contributed by atoms with E-state index in [0.29, 0.717) is 19.0 Å². The number of nitrogens with zero attached hydrogens (tertiary/aromatic N) is 1. The molecular formula is C15H20N2O2S. The largest absolute Gasteiger partial charge is 0.354 e. The van der Waals surface area contributed by atoms with E-state index in [1.54, 1.807) is 16.2 Å². The number of hydrogen-bond donors (Lipinski definition) is 1. The van der Waals surface area contributed by atoms with Crippen LogP contribution in [0.4, 0.5) is 0 Å². The second-order valence-electron chi connectivity index (χ2n) is 5.84. The average molecular weight is 292 g/mol. The van der Waals surface area contributed by atoms with Crippen molar-refractivity contribution in [2.24, 2.45) is 5.92 Å². The molecule has 3 rings (SSSR count). The molecule has 5 heteroatoms. The zero-order valence-electron chi connectivity index (χ0n) is 11.8. The van der Waals surface area contributed by atoms with Crippen LogP contribution in [0.25, 0.3) is 0 Å². The van der Waals surface area contributed by atoms with Crippen molar-refractivity contribution >= 4 is 23.2 Å². The Morgan fingerprint density at radius 3 is 3.20 bits per heavy atom. The summed E-state index contributed by atoms with van der Waals surface area (Å²) in [5.74, 6) is 0.684. The number of nitrogens with one attached hydrogen (secondary N) is 1. The molecule has 2 aliphatic rings. The third kappa shape index (κ3) is 2.73. The van der Waals surface area contributed by atoms with Crippen molar-refractivity contribution in [3.8, 4) is 0 Å². The molecule has 1 N–H and O–H groups in total. The lowest BCUT2D eigenvalue weighted by atomic mass is 9.90. The van der Waals surface area contributed by atoms with E-state index in [9.17, 15) is 9.59 Å². The minimum atomic E-state index is -0.0502. The van der Waals surface area contributed by atoms with Crippen LogP contribution >= 0.6 is 11.3 Å². The second-order valence-corrected chi connectivity index (χ2v) is 6.97. The van der Waals surface area contributed by atoms with Crippen molar-refractivity contribution in [2.75, 3.05) is 19.6 Å².